The van der Waals surface area contributed by atoms with Crippen molar-refractivity contribution in [2.24, 2.45) is 0 Å². The molecule has 0 aromatic carbocycles. The molecule has 0 spiro atoms. The van der Waals surface area contributed by atoms with Crippen molar-refractivity contribution in [2.75, 3.05) is 11.4 Å². The fraction of sp³-hybridized carbons (Fsp3) is 0.133. The average molecular weight is 363 g/mol. The van der Waals surface area contributed by atoms with Crippen molar-refractivity contribution in [2.45, 2.75) is 6.92 Å². The highest BCUT2D eigenvalue weighted by Crippen LogP contribution is 2.20. The van der Waals surface area contributed by atoms with E-state index in [1.165, 1.54) is 17.0 Å². The van der Waals surface area contributed by atoms with Gasteiger partial charge in [-0.3, -0.25) is 9.69 Å². The van der Waals surface area contributed by atoms with Crippen LogP contribution in [0.4, 0.5) is 10.2 Å². The van der Waals surface area contributed by atoms with Crippen molar-refractivity contribution in [3.8, 4) is 0 Å². The summed E-state index contributed by atoms with van der Waals surface area (Å²) >= 11 is 3.39. The van der Waals surface area contributed by atoms with Crippen LogP contribution in [0.1, 0.15) is 17.3 Å². The summed E-state index contributed by atoms with van der Waals surface area (Å²) in [7, 11) is 0. The topological polar surface area (TPSA) is 50.5 Å². The molecule has 0 radical (unpaired) electrons. The molecule has 22 heavy (non-hydrogen) atoms. The lowest BCUT2D eigenvalue weighted by Crippen LogP contribution is -2.31. The van der Waals surface area contributed by atoms with Gasteiger partial charge in [-0.1, -0.05) is 0 Å². The minimum absolute atomic E-state index is 0.197. The molecule has 0 saturated heterocycles. The fourth-order valence-corrected chi connectivity index (χ4v) is 2.56. The van der Waals surface area contributed by atoms with Gasteiger partial charge in [0.2, 0.25) is 0 Å². The summed E-state index contributed by atoms with van der Waals surface area (Å²) in [5, 5.41) is 4.14. The first-order valence-corrected chi connectivity index (χ1v) is 7.45. The molecule has 0 unspecified atom stereocenters. The molecule has 3 rings (SSSR count). The van der Waals surface area contributed by atoms with Gasteiger partial charge < -0.3 is 0 Å². The zero-order valence-electron chi connectivity index (χ0n) is 11.7. The smallest absolute Gasteiger partial charge is 0.259 e. The van der Waals surface area contributed by atoms with E-state index in [1.54, 1.807) is 29.0 Å². The molecular weight excluding hydrogens is 351 g/mol. The molecule has 3 aromatic heterocycles. The molecule has 0 atom stereocenters. The number of halogens is 2. The molecule has 0 aliphatic heterocycles. The van der Waals surface area contributed by atoms with E-state index in [-0.39, 0.29) is 5.91 Å². The maximum absolute atomic E-state index is 13.0. The molecule has 3 heterocycles. The molecule has 5 nitrogen and oxygen atoms in total. The summed E-state index contributed by atoms with van der Waals surface area (Å²) in [5.41, 5.74) is 1.32. The number of carbonyl (C=O) groups is 1. The van der Waals surface area contributed by atoms with Gasteiger partial charge >= 0.3 is 0 Å². The summed E-state index contributed by atoms with van der Waals surface area (Å²) in [6.07, 6.45) is 4.49. The average Bonchev–Trinajstić information content (AvgIpc) is 2.90. The second-order valence-corrected chi connectivity index (χ2v) is 5.48. The van der Waals surface area contributed by atoms with E-state index >= 15 is 0 Å². The highest BCUT2D eigenvalue weighted by molar-refractivity contribution is 9.10. The molecule has 1 amide bonds. The van der Waals surface area contributed by atoms with Crippen molar-refractivity contribution in [1.82, 2.24) is 14.6 Å². The van der Waals surface area contributed by atoms with Gasteiger partial charge in [0, 0.05) is 18.3 Å². The van der Waals surface area contributed by atoms with Crippen LogP contribution in [-0.4, -0.2) is 27.0 Å². The Kier molecular flexibility index (Phi) is 3.89. The Balaban J connectivity index is 1.98. The van der Waals surface area contributed by atoms with E-state index in [0.717, 1.165) is 16.2 Å². The van der Waals surface area contributed by atoms with Crippen LogP contribution in [0.25, 0.3) is 5.52 Å². The molecular formula is C15H12BrFN4O. The Labute approximate surface area is 134 Å². The zero-order valence-corrected chi connectivity index (χ0v) is 13.3. The maximum Gasteiger partial charge on any atom is 0.259 e. The Hall–Kier alpha value is -2.28. The third-order valence-electron chi connectivity index (χ3n) is 3.27. The van der Waals surface area contributed by atoms with Gasteiger partial charge in [-0.25, -0.2) is 13.9 Å². The number of amides is 1. The predicted octanol–water partition coefficient (Wildman–Crippen LogP) is 3.30. The number of anilines is 1. The van der Waals surface area contributed by atoms with Gasteiger partial charge in [-0.05, 0) is 47.1 Å². The standard InChI is InChI=1S/C15H12BrFN4O/c1-2-20(14-4-3-11(17)8-18-14)15(22)10-5-6-21-13(7-10)12(16)9-19-21/h3-9H,2H2,1H3. The summed E-state index contributed by atoms with van der Waals surface area (Å²) in [6, 6.07) is 6.23. The van der Waals surface area contributed by atoms with E-state index in [9.17, 15) is 9.18 Å². The number of rotatable bonds is 3. The molecule has 0 fully saturated rings. The highest BCUT2D eigenvalue weighted by Gasteiger charge is 2.18. The van der Waals surface area contributed by atoms with Gasteiger partial charge in [0.25, 0.3) is 5.91 Å². The second-order valence-electron chi connectivity index (χ2n) is 4.62. The largest absolute Gasteiger partial charge is 0.293 e. The molecule has 0 saturated carbocycles. The fourth-order valence-electron chi connectivity index (χ4n) is 2.18. The first-order chi connectivity index (χ1) is 10.6. The van der Waals surface area contributed by atoms with E-state index in [1.807, 2.05) is 6.92 Å². The Morgan fingerprint density at radius 1 is 1.36 bits per heavy atom. The summed E-state index contributed by atoms with van der Waals surface area (Å²) in [4.78, 5) is 18.2. The number of nitrogens with zero attached hydrogens (tertiary/aromatic N) is 4. The monoisotopic (exact) mass is 362 g/mol. The van der Waals surface area contributed by atoms with Crippen molar-refractivity contribution < 1.29 is 9.18 Å². The minimum Gasteiger partial charge on any atom is -0.293 e. The molecule has 0 aliphatic rings. The Bertz CT molecular complexity index is 831. The lowest BCUT2D eigenvalue weighted by Gasteiger charge is -2.19. The number of pyridine rings is 2. The maximum atomic E-state index is 13.0. The van der Waals surface area contributed by atoms with Crippen LogP contribution in [0.5, 0.6) is 0 Å². The van der Waals surface area contributed by atoms with Gasteiger partial charge in [0.15, 0.2) is 0 Å². The number of hydrogen-bond acceptors (Lipinski definition) is 3. The lowest BCUT2D eigenvalue weighted by molar-refractivity contribution is 0.0987. The van der Waals surface area contributed by atoms with Gasteiger partial charge in [-0.2, -0.15) is 5.10 Å². The number of fused-ring (bicyclic) bond motifs is 1. The van der Waals surface area contributed by atoms with Crippen LogP contribution in [0.2, 0.25) is 0 Å². The zero-order chi connectivity index (χ0) is 15.7. The molecule has 0 N–H and O–H groups in total. The molecule has 0 bridgehead atoms. The van der Waals surface area contributed by atoms with E-state index in [4.69, 9.17) is 0 Å². The van der Waals surface area contributed by atoms with Gasteiger partial charge in [0.1, 0.15) is 11.6 Å². The van der Waals surface area contributed by atoms with Crippen molar-refractivity contribution in [3.63, 3.8) is 0 Å². The van der Waals surface area contributed by atoms with Crippen LogP contribution in [0.3, 0.4) is 0 Å². The number of aromatic nitrogens is 3. The normalized spacial score (nSPS) is 10.9. The second kappa shape index (κ2) is 5.84. The van der Waals surface area contributed by atoms with Crippen molar-refractivity contribution in [1.29, 1.82) is 0 Å². The summed E-state index contributed by atoms with van der Waals surface area (Å²) < 4.78 is 15.5. The minimum atomic E-state index is -0.433. The first kappa shape index (κ1) is 14.6. The van der Waals surface area contributed by atoms with Crippen molar-refractivity contribution in [3.05, 3.63) is 58.7 Å². The van der Waals surface area contributed by atoms with E-state index in [0.29, 0.717) is 17.9 Å². The van der Waals surface area contributed by atoms with Gasteiger partial charge in [0.05, 0.1) is 22.4 Å². The van der Waals surface area contributed by atoms with Gasteiger partial charge in [-0.15, -0.1) is 0 Å². The van der Waals surface area contributed by atoms with Crippen LogP contribution in [0, 0.1) is 5.82 Å². The molecule has 7 heteroatoms. The lowest BCUT2D eigenvalue weighted by atomic mass is 10.2. The Morgan fingerprint density at radius 2 is 2.18 bits per heavy atom. The SMILES string of the molecule is CCN(C(=O)c1ccn2ncc(Br)c2c1)c1ccc(F)cn1. The van der Waals surface area contributed by atoms with Crippen LogP contribution >= 0.6 is 15.9 Å². The quantitative estimate of drug-likeness (QED) is 0.718. The van der Waals surface area contributed by atoms with E-state index in [2.05, 4.69) is 26.0 Å². The van der Waals surface area contributed by atoms with E-state index < -0.39 is 5.82 Å². The Morgan fingerprint density at radius 3 is 2.86 bits per heavy atom. The first-order valence-electron chi connectivity index (χ1n) is 6.66. The van der Waals surface area contributed by atoms with Crippen molar-refractivity contribution >= 4 is 33.2 Å². The molecule has 112 valence electrons. The third kappa shape index (κ3) is 2.59. The number of hydrogen-bond donors (Lipinski definition) is 0. The van der Waals surface area contributed by atoms with Crippen LogP contribution in [-0.2, 0) is 0 Å². The van der Waals surface area contributed by atoms with Crippen LogP contribution in [0.15, 0.2) is 47.3 Å². The summed E-state index contributed by atoms with van der Waals surface area (Å²) in [6.45, 7) is 2.28. The summed E-state index contributed by atoms with van der Waals surface area (Å²) in [5.74, 6) is -0.213. The highest BCUT2D eigenvalue weighted by atomic mass is 79.9. The predicted molar refractivity (Wildman–Crippen MR) is 84.4 cm³/mol. The molecule has 3 aromatic rings. The molecule has 0 aliphatic carbocycles. The number of carbonyl (C=O) groups excluding carboxylic acids is 1. The van der Waals surface area contributed by atoms with Crippen LogP contribution < -0.4 is 4.90 Å². The third-order valence-corrected chi connectivity index (χ3v) is 3.88.